The summed E-state index contributed by atoms with van der Waals surface area (Å²) in [6, 6.07) is 0.625. The minimum Gasteiger partial charge on any atom is -0.341 e. The van der Waals surface area contributed by atoms with E-state index in [9.17, 15) is 4.79 Å². The van der Waals surface area contributed by atoms with Gasteiger partial charge in [-0.2, -0.15) is 0 Å². The lowest BCUT2D eigenvalue weighted by Gasteiger charge is -2.42. The highest BCUT2D eigenvalue weighted by molar-refractivity contribution is 5.81. The van der Waals surface area contributed by atoms with Crippen molar-refractivity contribution in [3.05, 3.63) is 12.2 Å². The molecule has 1 amide bonds. The van der Waals surface area contributed by atoms with Crippen LogP contribution in [0.2, 0.25) is 0 Å². The lowest BCUT2D eigenvalue weighted by molar-refractivity contribution is -0.132. The maximum Gasteiger partial charge on any atom is 0.225 e. The summed E-state index contributed by atoms with van der Waals surface area (Å²) in [6.45, 7) is 1.84. The third-order valence-corrected chi connectivity index (χ3v) is 6.09. The van der Waals surface area contributed by atoms with E-state index in [0.29, 0.717) is 29.2 Å². The zero-order valence-electron chi connectivity index (χ0n) is 12.4. The Morgan fingerprint density at radius 2 is 2.05 bits per heavy atom. The fourth-order valence-electron chi connectivity index (χ4n) is 4.35. The first kappa shape index (κ1) is 12.2. The number of carbonyl (C=O) groups is 1. The van der Waals surface area contributed by atoms with Gasteiger partial charge in [0.25, 0.3) is 0 Å². The van der Waals surface area contributed by atoms with Crippen LogP contribution in [-0.2, 0) is 4.79 Å². The van der Waals surface area contributed by atoms with Crippen LogP contribution in [0.4, 0.5) is 0 Å². The number of aromatic nitrogens is 3. The number of likely N-dealkylation sites (tertiary alicyclic amines) is 1. The largest absolute Gasteiger partial charge is 0.341 e. The zero-order valence-corrected chi connectivity index (χ0v) is 12.4. The monoisotopic (exact) mass is 286 g/mol. The molecule has 1 atom stereocenters. The van der Waals surface area contributed by atoms with E-state index < -0.39 is 0 Å². The molecule has 0 aromatic carbocycles. The lowest BCUT2D eigenvalue weighted by atomic mass is 9.62. The minimum atomic E-state index is 0.310. The number of hydrogen-bond donors (Lipinski definition) is 0. The quantitative estimate of drug-likeness (QED) is 0.855. The van der Waals surface area contributed by atoms with Crippen molar-refractivity contribution in [2.75, 3.05) is 13.1 Å². The minimum absolute atomic E-state index is 0.310. The van der Waals surface area contributed by atoms with Crippen LogP contribution >= 0.6 is 0 Å². The summed E-state index contributed by atoms with van der Waals surface area (Å²) in [5, 5.41) is 8.64. The first-order chi connectivity index (χ1) is 10.3. The van der Waals surface area contributed by atoms with Crippen LogP contribution < -0.4 is 0 Å². The molecule has 5 nitrogen and oxygen atoms in total. The van der Waals surface area contributed by atoms with Crippen LogP contribution in [0.3, 0.4) is 0 Å². The molecular weight excluding hydrogens is 264 g/mol. The average molecular weight is 286 g/mol. The molecule has 1 saturated heterocycles. The Bertz CT molecular complexity index is 583. The molecule has 2 heterocycles. The molecular formula is C16H22N4O. The summed E-state index contributed by atoms with van der Waals surface area (Å²) >= 11 is 0. The average Bonchev–Trinajstić information content (AvgIpc) is 3.37. The Morgan fingerprint density at radius 1 is 1.24 bits per heavy atom. The van der Waals surface area contributed by atoms with Crippen LogP contribution in [0.25, 0.3) is 0 Å². The molecule has 3 saturated carbocycles. The molecule has 0 N–H and O–H groups in total. The summed E-state index contributed by atoms with van der Waals surface area (Å²) in [6.07, 6.45) is 10.4. The second-order valence-corrected chi connectivity index (χ2v) is 7.59. The van der Waals surface area contributed by atoms with Crippen molar-refractivity contribution >= 4 is 5.91 Å². The van der Waals surface area contributed by atoms with Gasteiger partial charge in [-0.15, -0.1) is 10.2 Å². The maximum absolute atomic E-state index is 12.5. The van der Waals surface area contributed by atoms with E-state index in [0.717, 1.165) is 31.8 Å². The van der Waals surface area contributed by atoms with Crippen LogP contribution in [0.5, 0.6) is 0 Å². The highest BCUT2D eigenvalue weighted by atomic mass is 16.2. The molecule has 1 unspecified atom stereocenters. The highest BCUT2D eigenvalue weighted by Crippen LogP contribution is 2.56. The number of carbonyl (C=O) groups excluding carboxylic acids is 1. The smallest absolute Gasteiger partial charge is 0.225 e. The van der Waals surface area contributed by atoms with Gasteiger partial charge in [0.2, 0.25) is 5.91 Å². The zero-order chi connectivity index (χ0) is 14.0. The van der Waals surface area contributed by atoms with E-state index in [1.807, 2.05) is 6.33 Å². The summed E-state index contributed by atoms with van der Waals surface area (Å²) in [7, 11) is 0. The molecule has 1 spiro atoms. The van der Waals surface area contributed by atoms with Crippen molar-refractivity contribution in [2.24, 2.45) is 11.3 Å². The molecule has 0 radical (unpaired) electrons. The molecule has 0 bridgehead atoms. The van der Waals surface area contributed by atoms with Crippen LogP contribution in [0, 0.1) is 11.3 Å². The highest BCUT2D eigenvalue weighted by Gasteiger charge is 2.55. The topological polar surface area (TPSA) is 51.0 Å². The van der Waals surface area contributed by atoms with Crippen molar-refractivity contribution < 1.29 is 4.79 Å². The summed E-state index contributed by atoms with van der Waals surface area (Å²) in [4.78, 5) is 14.6. The van der Waals surface area contributed by atoms with Gasteiger partial charge < -0.3 is 9.47 Å². The van der Waals surface area contributed by atoms with Gasteiger partial charge in [0, 0.05) is 31.0 Å². The normalized spacial score (nSPS) is 30.7. The fourth-order valence-corrected chi connectivity index (χ4v) is 4.35. The Hall–Kier alpha value is -1.39. The third kappa shape index (κ3) is 1.79. The third-order valence-electron chi connectivity index (χ3n) is 6.09. The van der Waals surface area contributed by atoms with E-state index in [-0.39, 0.29) is 0 Å². The van der Waals surface area contributed by atoms with Crippen molar-refractivity contribution in [2.45, 2.75) is 56.9 Å². The predicted octanol–water partition coefficient (Wildman–Crippen LogP) is 2.12. The number of hydrogen-bond acceptors (Lipinski definition) is 3. The SMILES string of the molecule is O=C(C1CC1)N1CC(c2nncn2C2CC2)C2(CCC2)C1. The predicted molar refractivity (Wildman–Crippen MR) is 76.6 cm³/mol. The second-order valence-electron chi connectivity index (χ2n) is 7.59. The van der Waals surface area contributed by atoms with E-state index in [4.69, 9.17) is 0 Å². The van der Waals surface area contributed by atoms with Gasteiger partial charge in [-0.1, -0.05) is 6.42 Å². The molecule has 5 rings (SSSR count). The van der Waals surface area contributed by atoms with Crippen LogP contribution in [0.15, 0.2) is 6.33 Å². The molecule has 1 aromatic heterocycles. The molecule has 3 aliphatic carbocycles. The van der Waals surface area contributed by atoms with Gasteiger partial charge in [0.1, 0.15) is 12.2 Å². The van der Waals surface area contributed by atoms with Gasteiger partial charge >= 0.3 is 0 Å². The first-order valence-corrected chi connectivity index (χ1v) is 8.45. The van der Waals surface area contributed by atoms with Crippen molar-refractivity contribution in [3.8, 4) is 0 Å². The summed E-state index contributed by atoms with van der Waals surface area (Å²) < 4.78 is 2.30. The molecule has 1 aliphatic heterocycles. The van der Waals surface area contributed by atoms with Crippen LogP contribution in [0.1, 0.15) is 62.7 Å². The van der Waals surface area contributed by atoms with Crippen molar-refractivity contribution in [1.29, 1.82) is 0 Å². The Morgan fingerprint density at radius 3 is 2.67 bits per heavy atom. The van der Waals surface area contributed by atoms with E-state index in [1.165, 1.54) is 32.1 Å². The van der Waals surface area contributed by atoms with E-state index in [1.54, 1.807) is 0 Å². The Labute approximate surface area is 124 Å². The van der Waals surface area contributed by atoms with Gasteiger partial charge in [-0.3, -0.25) is 4.79 Å². The molecule has 4 aliphatic rings. The molecule has 1 aromatic rings. The van der Waals surface area contributed by atoms with Crippen LogP contribution in [-0.4, -0.2) is 38.7 Å². The number of amides is 1. The fraction of sp³-hybridized carbons (Fsp3) is 0.812. The first-order valence-electron chi connectivity index (χ1n) is 8.45. The maximum atomic E-state index is 12.5. The molecule has 21 heavy (non-hydrogen) atoms. The number of rotatable bonds is 3. The number of nitrogens with zero attached hydrogens (tertiary/aromatic N) is 4. The lowest BCUT2D eigenvalue weighted by Crippen LogP contribution is -2.38. The van der Waals surface area contributed by atoms with Crippen molar-refractivity contribution in [1.82, 2.24) is 19.7 Å². The summed E-state index contributed by atoms with van der Waals surface area (Å²) in [5.74, 6) is 2.31. The molecule has 5 heteroatoms. The Balaban J connectivity index is 1.46. The Kier molecular flexibility index (Phi) is 2.37. The van der Waals surface area contributed by atoms with Gasteiger partial charge in [-0.25, -0.2) is 0 Å². The molecule has 112 valence electrons. The van der Waals surface area contributed by atoms with E-state index in [2.05, 4.69) is 19.7 Å². The van der Waals surface area contributed by atoms with E-state index >= 15 is 0 Å². The van der Waals surface area contributed by atoms with Gasteiger partial charge in [-0.05, 0) is 43.9 Å². The van der Waals surface area contributed by atoms with Gasteiger partial charge in [0.05, 0.1) is 0 Å². The second kappa shape index (κ2) is 4.08. The standard InChI is InChI=1S/C16H22N4O/c21-15(11-2-3-11)19-8-13(16(9-19)6-1-7-16)14-18-17-10-20(14)12-4-5-12/h10-13H,1-9H2. The van der Waals surface area contributed by atoms with Crippen molar-refractivity contribution in [3.63, 3.8) is 0 Å². The molecule has 4 fully saturated rings. The van der Waals surface area contributed by atoms with Gasteiger partial charge in [0.15, 0.2) is 0 Å². The summed E-state index contributed by atoms with van der Waals surface area (Å²) in [5.41, 5.74) is 0.310.